The van der Waals surface area contributed by atoms with Crippen LogP contribution < -0.4 is 5.32 Å². The van der Waals surface area contributed by atoms with Gasteiger partial charge >= 0.3 is 0 Å². The molecule has 0 aromatic heterocycles. The predicted molar refractivity (Wildman–Crippen MR) is 107 cm³/mol. The monoisotopic (exact) mass is 386 g/mol. The van der Waals surface area contributed by atoms with Gasteiger partial charge in [0, 0.05) is 24.7 Å². The maximum Gasteiger partial charge on any atom is 0.243 e. The van der Waals surface area contributed by atoms with Crippen molar-refractivity contribution in [3.63, 3.8) is 0 Å². The minimum Gasteiger partial charge on any atom is -0.326 e. The van der Waals surface area contributed by atoms with Crippen LogP contribution in [0.3, 0.4) is 0 Å². The average Bonchev–Trinajstić information content (AvgIpc) is 2.68. The SMILES string of the molecule is CCc1ccc(S(=O)(=O)N2CCC(C(=O)Nc3cccc(C)c3)CC2)cc1. The fourth-order valence-electron chi connectivity index (χ4n) is 3.37. The van der Waals surface area contributed by atoms with Gasteiger partial charge in [-0.25, -0.2) is 8.42 Å². The molecule has 0 aliphatic carbocycles. The average molecular weight is 387 g/mol. The lowest BCUT2D eigenvalue weighted by molar-refractivity contribution is -0.120. The van der Waals surface area contributed by atoms with Gasteiger partial charge in [-0.05, 0) is 61.6 Å². The molecule has 1 amide bonds. The van der Waals surface area contributed by atoms with Crippen molar-refractivity contribution in [3.05, 3.63) is 59.7 Å². The van der Waals surface area contributed by atoms with E-state index in [-0.39, 0.29) is 11.8 Å². The fraction of sp³-hybridized carbons (Fsp3) is 0.381. The largest absolute Gasteiger partial charge is 0.326 e. The van der Waals surface area contributed by atoms with E-state index in [4.69, 9.17) is 0 Å². The highest BCUT2D eigenvalue weighted by Crippen LogP contribution is 2.25. The Bertz CT molecular complexity index is 899. The molecule has 1 aliphatic heterocycles. The number of nitrogens with one attached hydrogen (secondary N) is 1. The predicted octanol–water partition coefficient (Wildman–Crippen LogP) is 3.60. The molecular formula is C21H26N2O3S. The van der Waals surface area contributed by atoms with Gasteiger partial charge in [0.15, 0.2) is 0 Å². The molecule has 5 nitrogen and oxygen atoms in total. The van der Waals surface area contributed by atoms with E-state index in [2.05, 4.69) is 5.32 Å². The molecule has 3 rings (SSSR count). The Balaban J connectivity index is 1.61. The highest BCUT2D eigenvalue weighted by atomic mass is 32.2. The van der Waals surface area contributed by atoms with E-state index in [0.29, 0.717) is 30.8 Å². The number of rotatable bonds is 5. The van der Waals surface area contributed by atoms with Crippen LogP contribution in [0.25, 0.3) is 0 Å². The molecule has 0 saturated carbocycles. The van der Waals surface area contributed by atoms with E-state index < -0.39 is 10.0 Å². The number of aryl methyl sites for hydroxylation is 2. The van der Waals surface area contributed by atoms with Crippen molar-refractivity contribution in [2.75, 3.05) is 18.4 Å². The van der Waals surface area contributed by atoms with Gasteiger partial charge < -0.3 is 5.32 Å². The van der Waals surface area contributed by atoms with Gasteiger partial charge in [0.25, 0.3) is 0 Å². The van der Waals surface area contributed by atoms with Gasteiger partial charge in [-0.2, -0.15) is 4.31 Å². The Morgan fingerprint density at radius 2 is 1.78 bits per heavy atom. The van der Waals surface area contributed by atoms with Crippen LogP contribution in [0, 0.1) is 12.8 Å². The number of hydrogen-bond acceptors (Lipinski definition) is 3. The topological polar surface area (TPSA) is 66.5 Å². The summed E-state index contributed by atoms with van der Waals surface area (Å²) in [7, 11) is -3.50. The normalized spacial score (nSPS) is 16.2. The third kappa shape index (κ3) is 4.57. The summed E-state index contributed by atoms with van der Waals surface area (Å²) in [6.45, 7) is 4.75. The van der Waals surface area contributed by atoms with E-state index in [1.54, 1.807) is 12.1 Å². The van der Waals surface area contributed by atoms with Gasteiger partial charge in [0.1, 0.15) is 0 Å². The van der Waals surface area contributed by atoms with Gasteiger partial charge in [0.05, 0.1) is 4.90 Å². The number of carbonyl (C=O) groups is 1. The molecule has 2 aromatic carbocycles. The summed E-state index contributed by atoms with van der Waals surface area (Å²) in [6.07, 6.45) is 1.94. The Morgan fingerprint density at radius 3 is 2.37 bits per heavy atom. The molecular weight excluding hydrogens is 360 g/mol. The zero-order valence-corrected chi connectivity index (χ0v) is 16.6. The Hall–Kier alpha value is -2.18. The summed E-state index contributed by atoms with van der Waals surface area (Å²) in [6, 6.07) is 14.7. The van der Waals surface area contributed by atoms with Crippen LogP contribution in [0.4, 0.5) is 5.69 Å². The number of carbonyl (C=O) groups excluding carboxylic acids is 1. The molecule has 0 radical (unpaired) electrons. The van der Waals surface area contributed by atoms with Crippen molar-refractivity contribution in [1.29, 1.82) is 0 Å². The van der Waals surface area contributed by atoms with E-state index in [0.717, 1.165) is 23.2 Å². The number of amides is 1. The van der Waals surface area contributed by atoms with Crippen LogP contribution in [0.1, 0.15) is 30.9 Å². The van der Waals surface area contributed by atoms with Gasteiger partial charge in [-0.15, -0.1) is 0 Å². The second kappa shape index (κ2) is 8.23. The minimum absolute atomic E-state index is 0.0371. The Morgan fingerprint density at radius 1 is 1.11 bits per heavy atom. The molecule has 0 bridgehead atoms. The van der Waals surface area contributed by atoms with Crippen LogP contribution in [-0.4, -0.2) is 31.7 Å². The van der Waals surface area contributed by atoms with Crippen molar-refractivity contribution in [2.45, 2.75) is 38.0 Å². The van der Waals surface area contributed by atoms with E-state index in [1.165, 1.54) is 4.31 Å². The molecule has 27 heavy (non-hydrogen) atoms. The van der Waals surface area contributed by atoms with Crippen molar-refractivity contribution in [3.8, 4) is 0 Å². The van der Waals surface area contributed by atoms with Crippen LogP contribution in [0.5, 0.6) is 0 Å². The first kappa shape index (κ1) is 19.6. The van der Waals surface area contributed by atoms with Crippen molar-refractivity contribution < 1.29 is 13.2 Å². The van der Waals surface area contributed by atoms with Crippen molar-refractivity contribution in [2.24, 2.45) is 5.92 Å². The molecule has 0 unspecified atom stereocenters. The summed E-state index contributed by atoms with van der Waals surface area (Å²) in [5.74, 6) is -0.204. The third-order valence-corrected chi connectivity index (χ3v) is 6.99. The molecule has 0 atom stereocenters. The molecule has 1 fully saturated rings. The van der Waals surface area contributed by atoms with E-state index in [9.17, 15) is 13.2 Å². The molecule has 6 heteroatoms. The first-order chi connectivity index (χ1) is 12.9. The van der Waals surface area contributed by atoms with Gasteiger partial charge in [0.2, 0.25) is 15.9 Å². The zero-order valence-electron chi connectivity index (χ0n) is 15.8. The van der Waals surface area contributed by atoms with Crippen LogP contribution >= 0.6 is 0 Å². The maximum absolute atomic E-state index is 12.8. The summed E-state index contributed by atoms with van der Waals surface area (Å²) >= 11 is 0. The summed E-state index contributed by atoms with van der Waals surface area (Å²) in [5.41, 5.74) is 2.98. The first-order valence-corrected chi connectivity index (χ1v) is 10.8. The zero-order chi connectivity index (χ0) is 19.4. The number of piperidine rings is 1. The number of benzene rings is 2. The minimum atomic E-state index is -3.50. The summed E-state index contributed by atoms with van der Waals surface area (Å²) in [4.78, 5) is 12.8. The van der Waals surface area contributed by atoms with Gasteiger partial charge in [-0.1, -0.05) is 31.2 Å². The first-order valence-electron chi connectivity index (χ1n) is 9.37. The van der Waals surface area contributed by atoms with Crippen molar-refractivity contribution in [1.82, 2.24) is 4.31 Å². The standard InChI is InChI=1S/C21H26N2O3S/c1-3-17-7-9-20(10-8-17)27(25,26)23-13-11-18(12-14-23)21(24)22-19-6-4-5-16(2)15-19/h4-10,15,18H,3,11-14H2,1-2H3,(H,22,24). The second-order valence-electron chi connectivity index (χ2n) is 7.03. The molecule has 1 saturated heterocycles. The number of hydrogen-bond donors (Lipinski definition) is 1. The third-order valence-electron chi connectivity index (χ3n) is 5.08. The molecule has 0 spiro atoms. The highest BCUT2D eigenvalue weighted by Gasteiger charge is 2.32. The Labute approximate surface area is 161 Å². The van der Waals surface area contributed by atoms with Crippen LogP contribution in [0.2, 0.25) is 0 Å². The molecule has 144 valence electrons. The second-order valence-corrected chi connectivity index (χ2v) is 8.97. The van der Waals surface area contributed by atoms with E-state index in [1.807, 2.05) is 50.2 Å². The molecule has 1 N–H and O–H groups in total. The lowest BCUT2D eigenvalue weighted by atomic mass is 9.97. The summed E-state index contributed by atoms with van der Waals surface area (Å²) in [5, 5.41) is 2.94. The van der Waals surface area contributed by atoms with Crippen molar-refractivity contribution >= 4 is 21.6 Å². The smallest absolute Gasteiger partial charge is 0.243 e. The lowest BCUT2D eigenvalue weighted by Gasteiger charge is -2.30. The molecule has 1 aliphatic rings. The lowest BCUT2D eigenvalue weighted by Crippen LogP contribution is -2.41. The van der Waals surface area contributed by atoms with Crippen LogP contribution in [0.15, 0.2) is 53.4 Å². The quantitative estimate of drug-likeness (QED) is 0.854. The van der Waals surface area contributed by atoms with Crippen LogP contribution in [-0.2, 0) is 21.2 Å². The fourth-order valence-corrected chi connectivity index (χ4v) is 4.84. The Kier molecular flexibility index (Phi) is 5.97. The van der Waals surface area contributed by atoms with Gasteiger partial charge in [-0.3, -0.25) is 4.79 Å². The maximum atomic E-state index is 12.8. The number of anilines is 1. The highest BCUT2D eigenvalue weighted by molar-refractivity contribution is 7.89. The van der Waals surface area contributed by atoms with E-state index >= 15 is 0 Å². The number of nitrogens with zero attached hydrogens (tertiary/aromatic N) is 1. The molecule has 1 heterocycles. The number of sulfonamides is 1. The molecule has 2 aromatic rings. The summed E-state index contributed by atoms with van der Waals surface area (Å²) < 4.78 is 27.1.